The van der Waals surface area contributed by atoms with Crippen molar-refractivity contribution in [1.82, 2.24) is 24.9 Å². The lowest BCUT2D eigenvalue weighted by atomic mass is 10.4. The molecule has 2 rings (SSSR count). The number of aliphatic hydroxyl groups is 1. The van der Waals surface area contributed by atoms with E-state index in [1.807, 2.05) is 7.05 Å². The summed E-state index contributed by atoms with van der Waals surface area (Å²) in [6, 6.07) is 0. The lowest BCUT2D eigenvalue weighted by Crippen LogP contribution is -2.52. The highest BCUT2D eigenvalue weighted by Crippen LogP contribution is 2.17. The Kier molecular flexibility index (Phi) is 4.21. The first kappa shape index (κ1) is 14.4. The van der Waals surface area contributed by atoms with Crippen molar-refractivity contribution in [1.29, 1.82) is 0 Å². The lowest BCUT2D eigenvalue weighted by Gasteiger charge is -2.32. The zero-order chi connectivity index (χ0) is 14.0. The number of aromatic amines is 1. The van der Waals surface area contributed by atoms with Crippen molar-refractivity contribution in [2.45, 2.75) is 18.4 Å². The summed E-state index contributed by atoms with van der Waals surface area (Å²) in [5.74, 6) is 0. The molecule has 1 saturated heterocycles. The van der Waals surface area contributed by atoms with Crippen LogP contribution >= 0.6 is 0 Å². The number of rotatable bonds is 4. The molecule has 9 heteroatoms. The fourth-order valence-corrected chi connectivity index (χ4v) is 3.53. The van der Waals surface area contributed by atoms with Crippen molar-refractivity contribution in [3.63, 3.8) is 0 Å². The predicted molar refractivity (Wildman–Crippen MR) is 68.6 cm³/mol. The largest absolute Gasteiger partial charge is 0.390 e. The third-order valence-electron chi connectivity index (χ3n) is 3.13. The van der Waals surface area contributed by atoms with E-state index in [2.05, 4.69) is 19.9 Å². The fourth-order valence-electron chi connectivity index (χ4n) is 2.05. The van der Waals surface area contributed by atoms with Crippen molar-refractivity contribution >= 4 is 10.0 Å². The van der Waals surface area contributed by atoms with Crippen molar-refractivity contribution < 1.29 is 13.5 Å². The minimum atomic E-state index is -3.70. The molecule has 0 unspecified atom stereocenters. The molecule has 0 atom stereocenters. The molecular formula is C10H19N5O3S. The second-order valence-corrected chi connectivity index (χ2v) is 6.27. The molecule has 0 radical (unpaired) electrons. The van der Waals surface area contributed by atoms with Crippen LogP contribution in [0.25, 0.3) is 0 Å². The average Bonchev–Trinajstić information content (AvgIpc) is 2.74. The van der Waals surface area contributed by atoms with Gasteiger partial charge in [0.1, 0.15) is 10.6 Å². The van der Waals surface area contributed by atoms with Gasteiger partial charge in [0.15, 0.2) is 0 Å². The Morgan fingerprint density at radius 3 is 2.58 bits per heavy atom. The highest BCUT2D eigenvalue weighted by Gasteiger charge is 2.27. The zero-order valence-electron chi connectivity index (χ0n) is 11.0. The van der Waals surface area contributed by atoms with Gasteiger partial charge in [-0.25, -0.2) is 13.4 Å². The molecule has 3 N–H and O–H groups in total. The molecule has 0 saturated carbocycles. The maximum absolute atomic E-state index is 12.3. The lowest BCUT2D eigenvalue weighted by molar-refractivity contribution is 0.134. The molecule has 0 aliphatic carbocycles. The quantitative estimate of drug-likeness (QED) is 0.633. The second-order valence-electron chi connectivity index (χ2n) is 4.67. The third-order valence-corrected chi connectivity index (χ3v) is 4.71. The predicted octanol–water partition coefficient (Wildman–Crippen LogP) is -1.35. The number of hydrogen-bond donors (Lipinski definition) is 3. The van der Waals surface area contributed by atoms with E-state index in [9.17, 15) is 8.42 Å². The molecule has 19 heavy (non-hydrogen) atoms. The number of aromatic nitrogens is 2. The van der Waals surface area contributed by atoms with Crippen LogP contribution in [0, 0.1) is 6.92 Å². The van der Waals surface area contributed by atoms with E-state index in [1.54, 1.807) is 11.9 Å². The number of aryl methyl sites for hydroxylation is 1. The SMILES string of the molecule is Cc1[nH]nc(CO)c1S(=O)(=O)NN1CCN(C)CC1. The van der Waals surface area contributed by atoms with E-state index >= 15 is 0 Å². The van der Waals surface area contributed by atoms with Gasteiger partial charge in [-0.15, -0.1) is 4.83 Å². The summed E-state index contributed by atoms with van der Waals surface area (Å²) in [5, 5.41) is 17.2. The van der Waals surface area contributed by atoms with Crippen LogP contribution in [0.2, 0.25) is 0 Å². The first-order valence-corrected chi connectivity index (χ1v) is 7.53. The van der Waals surface area contributed by atoms with Crippen molar-refractivity contribution in [3.8, 4) is 0 Å². The molecule has 0 spiro atoms. The topological polar surface area (TPSA) is 102 Å². The smallest absolute Gasteiger partial charge is 0.257 e. The van der Waals surface area contributed by atoms with E-state index in [0.29, 0.717) is 18.8 Å². The Balaban J connectivity index is 2.16. The number of nitrogens with zero attached hydrogens (tertiary/aromatic N) is 3. The summed E-state index contributed by atoms with van der Waals surface area (Å²) in [7, 11) is -1.71. The molecule has 1 aromatic rings. The van der Waals surface area contributed by atoms with E-state index < -0.39 is 16.6 Å². The Morgan fingerprint density at radius 2 is 2.00 bits per heavy atom. The van der Waals surface area contributed by atoms with Crippen LogP contribution in [-0.2, 0) is 16.6 Å². The number of aliphatic hydroxyl groups excluding tert-OH is 1. The van der Waals surface area contributed by atoms with Crippen LogP contribution in [0.15, 0.2) is 4.90 Å². The maximum Gasteiger partial charge on any atom is 0.257 e. The molecule has 8 nitrogen and oxygen atoms in total. The standard InChI is InChI=1S/C10H19N5O3S/c1-8-10(9(7-16)12-11-8)19(17,18)13-15-5-3-14(2)4-6-15/h13,16H,3-7H2,1-2H3,(H,11,12). The molecule has 1 fully saturated rings. The minimum Gasteiger partial charge on any atom is -0.390 e. The molecule has 1 aliphatic rings. The number of hydrazine groups is 1. The minimum absolute atomic E-state index is 0.0360. The van der Waals surface area contributed by atoms with Gasteiger partial charge in [-0.2, -0.15) is 5.10 Å². The molecule has 0 amide bonds. The number of hydrogen-bond acceptors (Lipinski definition) is 6. The number of H-pyrrole nitrogens is 1. The highest BCUT2D eigenvalue weighted by atomic mass is 32.2. The number of piperazine rings is 1. The van der Waals surface area contributed by atoms with Gasteiger partial charge in [0.2, 0.25) is 0 Å². The van der Waals surface area contributed by atoms with Crippen molar-refractivity contribution in [2.24, 2.45) is 0 Å². The number of likely N-dealkylation sites (N-methyl/N-ethyl adjacent to an activating group) is 1. The van der Waals surface area contributed by atoms with Crippen LogP contribution in [0.4, 0.5) is 0 Å². The number of nitrogens with one attached hydrogen (secondary N) is 2. The van der Waals surface area contributed by atoms with Crippen LogP contribution in [0.5, 0.6) is 0 Å². The van der Waals surface area contributed by atoms with Gasteiger partial charge in [0.05, 0.1) is 12.3 Å². The number of sulfonamides is 1. The van der Waals surface area contributed by atoms with Gasteiger partial charge in [0.25, 0.3) is 10.0 Å². The van der Waals surface area contributed by atoms with E-state index in [0.717, 1.165) is 13.1 Å². The van der Waals surface area contributed by atoms with E-state index in [4.69, 9.17) is 5.11 Å². The summed E-state index contributed by atoms with van der Waals surface area (Å²) in [5.41, 5.74) is 0.560. The summed E-state index contributed by atoms with van der Waals surface area (Å²) < 4.78 is 24.6. The Bertz CT molecular complexity index is 533. The molecule has 0 aromatic carbocycles. The van der Waals surface area contributed by atoms with Crippen LogP contribution < -0.4 is 4.83 Å². The monoisotopic (exact) mass is 289 g/mol. The van der Waals surface area contributed by atoms with E-state index in [1.165, 1.54) is 0 Å². The first-order chi connectivity index (χ1) is 8.94. The average molecular weight is 289 g/mol. The van der Waals surface area contributed by atoms with Gasteiger partial charge in [0, 0.05) is 26.2 Å². The first-order valence-electron chi connectivity index (χ1n) is 6.04. The summed E-state index contributed by atoms with van der Waals surface area (Å²) in [6.07, 6.45) is 0. The summed E-state index contributed by atoms with van der Waals surface area (Å²) in [4.78, 5) is 4.71. The third kappa shape index (κ3) is 3.12. The summed E-state index contributed by atoms with van der Waals surface area (Å²) >= 11 is 0. The van der Waals surface area contributed by atoms with Gasteiger partial charge in [-0.05, 0) is 14.0 Å². The van der Waals surface area contributed by atoms with Gasteiger partial charge in [-0.3, -0.25) is 5.10 Å². The fraction of sp³-hybridized carbons (Fsp3) is 0.700. The summed E-state index contributed by atoms with van der Waals surface area (Å²) in [6.45, 7) is 4.07. The molecule has 1 aliphatic heterocycles. The van der Waals surface area contributed by atoms with Crippen LogP contribution in [-0.4, -0.2) is 66.9 Å². The van der Waals surface area contributed by atoms with Gasteiger partial charge in [-0.1, -0.05) is 0 Å². The maximum atomic E-state index is 12.3. The molecular weight excluding hydrogens is 270 g/mol. The zero-order valence-corrected chi connectivity index (χ0v) is 11.9. The van der Waals surface area contributed by atoms with Gasteiger partial charge >= 0.3 is 0 Å². The molecule has 2 heterocycles. The molecule has 0 bridgehead atoms. The Morgan fingerprint density at radius 1 is 1.37 bits per heavy atom. The van der Waals surface area contributed by atoms with Gasteiger partial charge < -0.3 is 10.0 Å². The normalized spacial score (nSPS) is 18.9. The second kappa shape index (κ2) is 5.55. The Hall–Kier alpha value is -1.00. The molecule has 1 aromatic heterocycles. The van der Waals surface area contributed by atoms with Crippen molar-refractivity contribution in [3.05, 3.63) is 11.4 Å². The van der Waals surface area contributed by atoms with Crippen LogP contribution in [0.3, 0.4) is 0 Å². The molecule has 108 valence electrons. The van der Waals surface area contributed by atoms with E-state index in [-0.39, 0.29) is 10.6 Å². The van der Waals surface area contributed by atoms with Crippen LogP contribution in [0.1, 0.15) is 11.4 Å². The highest BCUT2D eigenvalue weighted by molar-refractivity contribution is 7.89. The van der Waals surface area contributed by atoms with Crippen molar-refractivity contribution in [2.75, 3.05) is 33.2 Å². The Labute approximate surface area is 112 Å².